The summed E-state index contributed by atoms with van der Waals surface area (Å²) in [6.07, 6.45) is 2.16. The number of amides is 1. The van der Waals surface area contributed by atoms with E-state index in [1.54, 1.807) is 0 Å². The number of halogens is 3. The van der Waals surface area contributed by atoms with E-state index in [4.69, 9.17) is 16.3 Å². The first kappa shape index (κ1) is 14.2. The summed E-state index contributed by atoms with van der Waals surface area (Å²) in [5, 5.41) is 2.96. The molecule has 7 heteroatoms. The number of nitrogens with one attached hydrogen (secondary N) is 1. The number of ether oxygens (including phenoxy) is 1. The molecule has 0 radical (unpaired) electrons. The summed E-state index contributed by atoms with van der Waals surface area (Å²) in [5.41, 5.74) is 0.0748. The molecule has 1 aromatic heterocycles. The highest BCUT2D eigenvalue weighted by Crippen LogP contribution is 2.31. The van der Waals surface area contributed by atoms with E-state index < -0.39 is 17.7 Å². The smallest absolute Gasteiger partial charge is 0.253 e. The van der Waals surface area contributed by atoms with Crippen LogP contribution < -0.4 is 5.32 Å². The maximum Gasteiger partial charge on any atom is 0.253 e. The van der Waals surface area contributed by atoms with Crippen molar-refractivity contribution in [1.82, 2.24) is 4.98 Å². The summed E-state index contributed by atoms with van der Waals surface area (Å²) >= 11 is 6.13. The van der Waals surface area contributed by atoms with E-state index in [0.29, 0.717) is 13.0 Å². The molecule has 110 valence electrons. The van der Waals surface area contributed by atoms with Gasteiger partial charge in [-0.25, -0.2) is 8.78 Å². The third-order valence-corrected chi connectivity index (χ3v) is 3.75. The molecule has 2 aromatic rings. The van der Waals surface area contributed by atoms with Crippen LogP contribution in [0.5, 0.6) is 0 Å². The van der Waals surface area contributed by atoms with Crippen LogP contribution >= 0.6 is 11.6 Å². The zero-order valence-corrected chi connectivity index (χ0v) is 11.6. The van der Waals surface area contributed by atoms with Crippen molar-refractivity contribution in [3.05, 3.63) is 35.0 Å². The van der Waals surface area contributed by atoms with E-state index in [1.807, 2.05) is 0 Å². The molecule has 0 aliphatic carbocycles. The Morgan fingerprint density at radius 2 is 2.24 bits per heavy atom. The van der Waals surface area contributed by atoms with Gasteiger partial charge in [-0.15, -0.1) is 0 Å². The molecule has 1 aromatic carbocycles. The molecular formula is C14H11ClF2N2O2. The molecule has 21 heavy (non-hydrogen) atoms. The number of hydrogen-bond acceptors (Lipinski definition) is 3. The van der Waals surface area contributed by atoms with Gasteiger partial charge in [-0.2, -0.15) is 0 Å². The van der Waals surface area contributed by atoms with E-state index in [0.717, 1.165) is 12.5 Å². The zero-order valence-electron chi connectivity index (χ0n) is 10.8. The van der Waals surface area contributed by atoms with E-state index in [9.17, 15) is 13.6 Å². The lowest BCUT2D eigenvalue weighted by molar-refractivity contribution is -0.124. The fraction of sp³-hybridized carbons (Fsp3) is 0.286. The second-order valence-electron chi connectivity index (χ2n) is 4.73. The Morgan fingerprint density at radius 1 is 1.43 bits per heavy atom. The van der Waals surface area contributed by atoms with Crippen LogP contribution in [0.2, 0.25) is 5.02 Å². The number of fused-ring (bicyclic) bond motifs is 1. The average molecular weight is 313 g/mol. The van der Waals surface area contributed by atoms with Gasteiger partial charge in [0.05, 0.1) is 16.9 Å². The molecule has 3 rings (SSSR count). The molecule has 0 bridgehead atoms. The van der Waals surface area contributed by atoms with Gasteiger partial charge in [0.1, 0.15) is 11.6 Å². The molecule has 0 saturated carbocycles. The fourth-order valence-electron chi connectivity index (χ4n) is 2.26. The minimum atomic E-state index is -1.06. The van der Waals surface area contributed by atoms with Crippen molar-refractivity contribution in [2.45, 2.75) is 18.9 Å². The van der Waals surface area contributed by atoms with Crippen LogP contribution in [0.15, 0.2) is 18.3 Å². The van der Waals surface area contributed by atoms with Crippen LogP contribution in [0.25, 0.3) is 10.9 Å². The number of aromatic nitrogens is 1. The number of carbonyl (C=O) groups excluding carboxylic acids is 1. The molecule has 1 atom stereocenters. The molecule has 4 nitrogen and oxygen atoms in total. The summed E-state index contributed by atoms with van der Waals surface area (Å²) in [5.74, 6) is -2.38. The van der Waals surface area contributed by atoms with Crippen LogP contribution in [-0.2, 0) is 9.53 Å². The number of anilines is 1. The summed E-state index contributed by atoms with van der Waals surface area (Å²) < 4.78 is 32.0. The third-order valence-electron chi connectivity index (χ3n) is 3.34. The van der Waals surface area contributed by atoms with E-state index in [2.05, 4.69) is 10.3 Å². The first-order chi connectivity index (χ1) is 10.1. The minimum Gasteiger partial charge on any atom is -0.368 e. The summed E-state index contributed by atoms with van der Waals surface area (Å²) in [6, 6.07) is 2.29. The number of carbonyl (C=O) groups is 1. The Kier molecular flexibility index (Phi) is 3.73. The second-order valence-corrected chi connectivity index (χ2v) is 5.11. The van der Waals surface area contributed by atoms with Gasteiger partial charge < -0.3 is 10.1 Å². The maximum atomic E-state index is 13.6. The van der Waals surface area contributed by atoms with Crippen molar-refractivity contribution in [3.8, 4) is 0 Å². The van der Waals surface area contributed by atoms with Gasteiger partial charge in [0.2, 0.25) is 0 Å². The summed E-state index contributed by atoms with van der Waals surface area (Å²) in [7, 11) is 0. The number of benzene rings is 1. The molecule has 1 aliphatic heterocycles. The SMILES string of the molecule is O=C(Nc1cnc2c(F)c(F)ccc2c1Cl)[C@H]1CCCO1. The Hall–Kier alpha value is -1.79. The molecule has 0 spiro atoms. The van der Waals surface area contributed by atoms with Crippen molar-refractivity contribution >= 4 is 34.1 Å². The lowest BCUT2D eigenvalue weighted by Gasteiger charge is -2.12. The molecule has 1 aliphatic rings. The quantitative estimate of drug-likeness (QED) is 0.926. The highest BCUT2D eigenvalue weighted by atomic mass is 35.5. The first-order valence-electron chi connectivity index (χ1n) is 6.42. The van der Waals surface area contributed by atoms with Crippen LogP contribution in [0.3, 0.4) is 0 Å². The maximum absolute atomic E-state index is 13.6. The number of pyridine rings is 1. The Bertz CT molecular complexity index is 718. The number of rotatable bonds is 2. The molecule has 1 amide bonds. The molecule has 1 fully saturated rings. The highest BCUT2D eigenvalue weighted by molar-refractivity contribution is 6.38. The minimum absolute atomic E-state index is 0.116. The molecular weight excluding hydrogens is 302 g/mol. The number of nitrogens with zero attached hydrogens (tertiary/aromatic N) is 1. The lowest BCUT2D eigenvalue weighted by atomic mass is 10.2. The van der Waals surface area contributed by atoms with E-state index in [1.165, 1.54) is 12.3 Å². The van der Waals surface area contributed by atoms with Crippen molar-refractivity contribution in [2.75, 3.05) is 11.9 Å². The van der Waals surface area contributed by atoms with Crippen molar-refractivity contribution in [3.63, 3.8) is 0 Å². The highest BCUT2D eigenvalue weighted by Gasteiger charge is 2.24. The topological polar surface area (TPSA) is 51.2 Å². The largest absolute Gasteiger partial charge is 0.368 e. The predicted molar refractivity (Wildman–Crippen MR) is 74.3 cm³/mol. The van der Waals surface area contributed by atoms with Gasteiger partial charge in [-0.3, -0.25) is 9.78 Å². The van der Waals surface area contributed by atoms with Crippen LogP contribution in [0.4, 0.5) is 14.5 Å². The van der Waals surface area contributed by atoms with Crippen molar-refractivity contribution in [1.29, 1.82) is 0 Å². The van der Waals surface area contributed by atoms with Crippen LogP contribution in [0.1, 0.15) is 12.8 Å². The predicted octanol–water partition coefficient (Wildman–Crippen LogP) is 3.28. The molecule has 1 saturated heterocycles. The molecule has 0 unspecified atom stereocenters. The zero-order chi connectivity index (χ0) is 15.0. The van der Waals surface area contributed by atoms with Gasteiger partial charge in [0, 0.05) is 12.0 Å². The van der Waals surface area contributed by atoms with E-state index in [-0.39, 0.29) is 27.5 Å². The summed E-state index contributed by atoms with van der Waals surface area (Å²) in [6.45, 7) is 0.548. The molecule has 1 N–H and O–H groups in total. The average Bonchev–Trinajstić information content (AvgIpc) is 3.00. The van der Waals surface area contributed by atoms with Crippen molar-refractivity contribution in [2.24, 2.45) is 0 Å². The monoisotopic (exact) mass is 312 g/mol. The summed E-state index contributed by atoms with van der Waals surface area (Å²) in [4.78, 5) is 15.8. The van der Waals surface area contributed by atoms with Gasteiger partial charge in [-0.1, -0.05) is 11.6 Å². The third kappa shape index (κ3) is 2.56. The Morgan fingerprint density at radius 3 is 2.95 bits per heavy atom. The first-order valence-corrected chi connectivity index (χ1v) is 6.80. The second kappa shape index (κ2) is 5.54. The Balaban J connectivity index is 1.95. The van der Waals surface area contributed by atoms with Gasteiger partial charge in [0.15, 0.2) is 11.6 Å². The normalized spacial score (nSPS) is 18.1. The van der Waals surface area contributed by atoms with Crippen molar-refractivity contribution < 1.29 is 18.3 Å². The van der Waals surface area contributed by atoms with Gasteiger partial charge >= 0.3 is 0 Å². The van der Waals surface area contributed by atoms with Gasteiger partial charge in [0.25, 0.3) is 5.91 Å². The lowest BCUT2D eigenvalue weighted by Crippen LogP contribution is -2.27. The number of hydrogen-bond donors (Lipinski definition) is 1. The fourth-order valence-corrected chi connectivity index (χ4v) is 2.51. The van der Waals surface area contributed by atoms with Crippen LogP contribution in [0, 0.1) is 11.6 Å². The molecule has 2 heterocycles. The van der Waals surface area contributed by atoms with E-state index >= 15 is 0 Å². The van der Waals surface area contributed by atoms with Gasteiger partial charge in [-0.05, 0) is 25.0 Å². The standard InChI is InChI=1S/C14H11ClF2N2O2/c15-11-7-3-4-8(16)12(17)13(7)18-6-9(11)19-14(20)10-2-1-5-21-10/h3-4,6,10H,1-2,5H2,(H,19,20)/t10-/m1/s1. The Labute approximate surface area is 124 Å². The van der Waals surface area contributed by atoms with Crippen LogP contribution in [-0.4, -0.2) is 23.6 Å².